The summed E-state index contributed by atoms with van der Waals surface area (Å²) in [5.41, 5.74) is 0.658. The molecule has 4 rings (SSSR count). The van der Waals surface area contributed by atoms with Crippen molar-refractivity contribution >= 4 is 28.1 Å². The van der Waals surface area contributed by atoms with Crippen molar-refractivity contribution in [1.82, 2.24) is 24.1 Å². The Labute approximate surface area is 163 Å². The van der Waals surface area contributed by atoms with E-state index in [0.29, 0.717) is 10.7 Å². The van der Waals surface area contributed by atoms with Crippen LogP contribution in [0.2, 0.25) is 0 Å². The van der Waals surface area contributed by atoms with Crippen molar-refractivity contribution in [1.29, 1.82) is 0 Å². The van der Waals surface area contributed by atoms with E-state index in [1.807, 2.05) is 54.3 Å². The van der Waals surface area contributed by atoms with E-state index >= 15 is 0 Å². The summed E-state index contributed by atoms with van der Waals surface area (Å²) in [7, 11) is 1.91. The van der Waals surface area contributed by atoms with E-state index in [4.69, 9.17) is 4.74 Å². The third-order valence-electron chi connectivity index (χ3n) is 3.99. The lowest BCUT2D eigenvalue weighted by Gasteiger charge is -2.14. The lowest BCUT2D eigenvalue weighted by Crippen LogP contribution is -2.12. The number of hydrogen-bond acceptors (Lipinski definition) is 7. The summed E-state index contributed by atoms with van der Waals surface area (Å²) in [5.74, 6) is 2.07. The number of ether oxygens (including phenoxy) is 1. The molecular formula is C18H17N5O2S2. The van der Waals surface area contributed by atoms with Crippen LogP contribution >= 0.6 is 23.1 Å². The maximum Gasteiger partial charge on any atom is 0.258 e. The molecule has 3 heterocycles. The van der Waals surface area contributed by atoms with Crippen LogP contribution in [0, 0.1) is 0 Å². The Morgan fingerprint density at radius 3 is 2.89 bits per heavy atom. The van der Waals surface area contributed by atoms with Crippen LogP contribution < -0.4 is 10.3 Å². The zero-order valence-corrected chi connectivity index (χ0v) is 16.4. The molecule has 1 aromatic carbocycles. The quantitative estimate of drug-likeness (QED) is 0.463. The van der Waals surface area contributed by atoms with Crippen LogP contribution in [0.25, 0.3) is 4.96 Å². The van der Waals surface area contributed by atoms with Gasteiger partial charge in [-0.1, -0.05) is 30.0 Å². The van der Waals surface area contributed by atoms with Gasteiger partial charge in [0.05, 0.1) is 5.69 Å². The fourth-order valence-corrected chi connectivity index (χ4v) is 4.21. The fourth-order valence-electron chi connectivity index (χ4n) is 2.66. The SMILES string of the molecule is CC(Oc1ccccc1)c1nnc(SCc2cc(=O)n3ccsc3n2)n1C. The van der Waals surface area contributed by atoms with Crippen molar-refractivity contribution in [3.05, 3.63) is 69.8 Å². The summed E-state index contributed by atoms with van der Waals surface area (Å²) in [5, 5.41) is 11.1. The van der Waals surface area contributed by atoms with Crippen molar-refractivity contribution in [3.63, 3.8) is 0 Å². The third kappa shape index (κ3) is 3.74. The zero-order chi connectivity index (χ0) is 18.8. The second kappa shape index (κ2) is 7.53. The van der Waals surface area contributed by atoms with Gasteiger partial charge >= 0.3 is 0 Å². The average Bonchev–Trinajstić information content (AvgIpc) is 3.28. The molecular weight excluding hydrogens is 382 g/mol. The standard InChI is InChI=1S/C18H17N5O2S2/c1-12(25-14-6-4-3-5-7-14)16-20-21-18(22(16)2)27-11-13-10-15(24)23-8-9-26-17(23)19-13/h3-10,12H,11H2,1-2H3. The van der Waals surface area contributed by atoms with E-state index in [1.54, 1.807) is 16.7 Å². The van der Waals surface area contributed by atoms with E-state index in [2.05, 4.69) is 15.2 Å². The van der Waals surface area contributed by atoms with E-state index in [0.717, 1.165) is 22.4 Å². The first-order chi connectivity index (χ1) is 13.1. The molecule has 27 heavy (non-hydrogen) atoms. The number of rotatable bonds is 6. The molecule has 0 spiro atoms. The van der Waals surface area contributed by atoms with Gasteiger partial charge in [0.2, 0.25) is 0 Å². The predicted octanol–water partition coefficient (Wildman–Crippen LogP) is 3.32. The molecule has 0 bridgehead atoms. The molecule has 3 aromatic heterocycles. The Kier molecular flexibility index (Phi) is 4.95. The number of thioether (sulfide) groups is 1. The van der Waals surface area contributed by atoms with Crippen molar-refractivity contribution < 1.29 is 4.74 Å². The highest BCUT2D eigenvalue weighted by Gasteiger charge is 2.17. The summed E-state index contributed by atoms with van der Waals surface area (Å²) in [6.45, 7) is 1.94. The molecule has 0 aliphatic carbocycles. The summed E-state index contributed by atoms with van der Waals surface area (Å²) in [6, 6.07) is 11.2. The summed E-state index contributed by atoms with van der Waals surface area (Å²) in [4.78, 5) is 17.3. The molecule has 0 aliphatic heterocycles. The Balaban J connectivity index is 1.47. The third-order valence-corrected chi connectivity index (χ3v) is 5.80. The molecule has 0 radical (unpaired) electrons. The summed E-state index contributed by atoms with van der Waals surface area (Å²) >= 11 is 2.93. The second-order valence-electron chi connectivity index (χ2n) is 5.90. The molecule has 0 saturated carbocycles. The topological polar surface area (TPSA) is 74.3 Å². The van der Waals surface area contributed by atoms with Gasteiger partial charge in [-0.25, -0.2) is 4.98 Å². The Hall–Kier alpha value is -2.65. The Bertz CT molecular complexity index is 1120. The van der Waals surface area contributed by atoms with Gasteiger partial charge in [-0.15, -0.1) is 21.5 Å². The van der Waals surface area contributed by atoms with Crippen LogP contribution in [0.5, 0.6) is 5.75 Å². The van der Waals surface area contributed by atoms with Gasteiger partial charge in [-0.3, -0.25) is 9.20 Å². The summed E-state index contributed by atoms with van der Waals surface area (Å²) < 4.78 is 9.38. The van der Waals surface area contributed by atoms with Crippen molar-refractivity contribution in [2.75, 3.05) is 0 Å². The van der Waals surface area contributed by atoms with Crippen LogP contribution in [0.15, 0.2) is 57.9 Å². The molecule has 0 amide bonds. The maximum atomic E-state index is 12.1. The lowest BCUT2D eigenvalue weighted by atomic mass is 10.3. The number of hydrogen-bond donors (Lipinski definition) is 0. The Morgan fingerprint density at radius 1 is 1.26 bits per heavy atom. The van der Waals surface area contributed by atoms with E-state index < -0.39 is 0 Å². The van der Waals surface area contributed by atoms with E-state index in [9.17, 15) is 4.79 Å². The van der Waals surface area contributed by atoms with Gasteiger partial charge in [-0.05, 0) is 19.1 Å². The first-order valence-corrected chi connectivity index (χ1v) is 10.2. The van der Waals surface area contributed by atoms with E-state index in [1.165, 1.54) is 23.1 Å². The number of aromatic nitrogens is 5. The maximum absolute atomic E-state index is 12.1. The second-order valence-corrected chi connectivity index (χ2v) is 7.72. The largest absolute Gasteiger partial charge is 0.483 e. The highest BCUT2D eigenvalue weighted by atomic mass is 32.2. The minimum absolute atomic E-state index is 0.0691. The first-order valence-electron chi connectivity index (χ1n) is 8.31. The van der Waals surface area contributed by atoms with Gasteiger partial charge < -0.3 is 9.30 Å². The van der Waals surface area contributed by atoms with Gasteiger partial charge in [0.15, 0.2) is 22.0 Å². The minimum Gasteiger partial charge on any atom is -0.483 e. The molecule has 4 aromatic rings. The zero-order valence-electron chi connectivity index (χ0n) is 14.8. The van der Waals surface area contributed by atoms with Gasteiger partial charge in [0, 0.05) is 30.4 Å². The molecule has 0 aliphatic rings. The predicted molar refractivity (Wildman–Crippen MR) is 105 cm³/mol. The van der Waals surface area contributed by atoms with Gasteiger partial charge in [0.1, 0.15) is 5.75 Å². The summed E-state index contributed by atoms with van der Waals surface area (Å²) in [6.07, 6.45) is 1.50. The first kappa shape index (κ1) is 17.7. The molecule has 7 nitrogen and oxygen atoms in total. The Morgan fingerprint density at radius 2 is 2.07 bits per heavy atom. The lowest BCUT2D eigenvalue weighted by molar-refractivity contribution is 0.211. The van der Waals surface area contributed by atoms with Crippen molar-refractivity contribution in [2.45, 2.75) is 23.9 Å². The molecule has 1 atom stereocenters. The van der Waals surface area contributed by atoms with Gasteiger partial charge in [0.25, 0.3) is 5.56 Å². The van der Waals surface area contributed by atoms with Crippen LogP contribution in [-0.2, 0) is 12.8 Å². The average molecular weight is 400 g/mol. The van der Waals surface area contributed by atoms with Crippen LogP contribution in [0.4, 0.5) is 0 Å². The smallest absolute Gasteiger partial charge is 0.258 e. The number of para-hydroxylation sites is 1. The molecule has 0 N–H and O–H groups in total. The molecule has 0 fully saturated rings. The monoisotopic (exact) mass is 399 g/mol. The number of fused-ring (bicyclic) bond motifs is 1. The normalized spacial score (nSPS) is 12.4. The van der Waals surface area contributed by atoms with Crippen LogP contribution in [0.1, 0.15) is 24.5 Å². The molecule has 1 unspecified atom stereocenters. The van der Waals surface area contributed by atoms with E-state index in [-0.39, 0.29) is 11.7 Å². The number of nitrogens with zero attached hydrogens (tertiary/aromatic N) is 5. The molecule has 9 heteroatoms. The van der Waals surface area contributed by atoms with Crippen molar-refractivity contribution in [3.8, 4) is 5.75 Å². The van der Waals surface area contributed by atoms with Gasteiger partial charge in [-0.2, -0.15) is 0 Å². The van der Waals surface area contributed by atoms with Crippen molar-refractivity contribution in [2.24, 2.45) is 7.05 Å². The van der Waals surface area contributed by atoms with Crippen LogP contribution in [-0.4, -0.2) is 24.1 Å². The number of thiazole rings is 1. The number of benzene rings is 1. The highest BCUT2D eigenvalue weighted by Crippen LogP contribution is 2.25. The fraction of sp³-hybridized carbons (Fsp3) is 0.222. The minimum atomic E-state index is -0.232. The molecule has 0 saturated heterocycles. The molecule has 138 valence electrons. The highest BCUT2D eigenvalue weighted by molar-refractivity contribution is 7.98. The van der Waals surface area contributed by atoms with Crippen LogP contribution in [0.3, 0.4) is 0 Å².